The number of ether oxygens (including phenoxy) is 1. The standard InChI is InChI=1S/C15H20Cl2N2O3/c1-2-7-18-15(21)10-19-14(20)4-3-8-22-13-6-5-11(16)9-12(13)17/h5-6,9H,2-4,7-8,10H2,1H3,(H,18,21)(H,19,20). The van der Waals surface area contributed by atoms with E-state index < -0.39 is 0 Å². The summed E-state index contributed by atoms with van der Waals surface area (Å²) in [6.45, 7) is 2.94. The van der Waals surface area contributed by atoms with Crippen LogP contribution in [0, 0.1) is 0 Å². The van der Waals surface area contributed by atoms with Gasteiger partial charge in [0.2, 0.25) is 11.8 Å². The van der Waals surface area contributed by atoms with Crippen LogP contribution in [0.1, 0.15) is 26.2 Å². The monoisotopic (exact) mass is 346 g/mol. The van der Waals surface area contributed by atoms with Crippen LogP contribution in [0.3, 0.4) is 0 Å². The SMILES string of the molecule is CCCNC(=O)CNC(=O)CCCOc1ccc(Cl)cc1Cl. The van der Waals surface area contributed by atoms with Gasteiger partial charge >= 0.3 is 0 Å². The molecule has 2 N–H and O–H groups in total. The van der Waals surface area contributed by atoms with Gasteiger partial charge in [-0.1, -0.05) is 30.1 Å². The number of amides is 2. The Kier molecular flexibility index (Phi) is 8.70. The Hall–Kier alpha value is -1.46. The highest BCUT2D eigenvalue weighted by Crippen LogP contribution is 2.27. The molecule has 5 nitrogen and oxygen atoms in total. The molecule has 0 aromatic heterocycles. The molecule has 0 saturated carbocycles. The summed E-state index contributed by atoms with van der Waals surface area (Å²) in [5.74, 6) is 0.169. The Balaban J connectivity index is 2.16. The number of halogens is 2. The quantitative estimate of drug-likeness (QED) is 0.675. The molecule has 22 heavy (non-hydrogen) atoms. The van der Waals surface area contributed by atoms with E-state index >= 15 is 0 Å². The van der Waals surface area contributed by atoms with E-state index in [1.807, 2.05) is 6.92 Å². The highest BCUT2D eigenvalue weighted by atomic mass is 35.5. The average molecular weight is 347 g/mol. The second-order valence-corrected chi connectivity index (χ2v) is 5.50. The molecular weight excluding hydrogens is 327 g/mol. The van der Waals surface area contributed by atoms with E-state index in [9.17, 15) is 9.59 Å². The molecule has 0 saturated heterocycles. The van der Waals surface area contributed by atoms with Crippen molar-refractivity contribution in [2.45, 2.75) is 26.2 Å². The third kappa shape index (κ3) is 7.52. The number of rotatable bonds is 9. The van der Waals surface area contributed by atoms with E-state index in [0.29, 0.717) is 35.4 Å². The smallest absolute Gasteiger partial charge is 0.239 e. The second kappa shape index (κ2) is 10.3. The van der Waals surface area contributed by atoms with Crippen LogP contribution in [0.25, 0.3) is 0 Å². The molecule has 0 spiro atoms. The lowest BCUT2D eigenvalue weighted by Gasteiger charge is -2.08. The molecule has 1 aromatic rings. The number of nitrogens with one attached hydrogen (secondary N) is 2. The van der Waals surface area contributed by atoms with E-state index in [1.54, 1.807) is 18.2 Å². The second-order valence-electron chi connectivity index (χ2n) is 4.65. The summed E-state index contributed by atoms with van der Waals surface area (Å²) < 4.78 is 5.47. The van der Waals surface area contributed by atoms with Gasteiger partial charge < -0.3 is 15.4 Å². The highest BCUT2D eigenvalue weighted by molar-refractivity contribution is 6.35. The normalized spacial score (nSPS) is 10.1. The summed E-state index contributed by atoms with van der Waals surface area (Å²) in [5, 5.41) is 6.22. The van der Waals surface area contributed by atoms with E-state index in [-0.39, 0.29) is 24.8 Å². The Morgan fingerprint density at radius 2 is 1.95 bits per heavy atom. The summed E-state index contributed by atoms with van der Waals surface area (Å²) in [4.78, 5) is 22.9. The summed E-state index contributed by atoms with van der Waals surface area (Å²) >= 11 is 11.8. The molecule has 0 heterocycles. The zero-order valence-corrected chi connectivity index (χ0v) is 14.0. The molecule has 0 atom stereocenters. The van der Waals surface area contributed by atoms with Gasteiger partial charge in [-0.25, -0.2) is 0 Å². The van der Waals surface area contributed by atoms with Crippen molar-refractivity contribution in [3.8, 4) is 5.75 Å². The molecule has 1 rings (SSSR count). The summed E-state index contributed by atoms with van der Waals surface area (Å²) in [5.41, 5.74) is 0. The van der Waals surface area contributed by atoms with E-state index in [2.05, 4.69) is 10.6 Å². The average Bonchev–Trinajstić information content (AvgIpc) is 2.49. The first-order chi connectivity index (χ1) is 10.5. The predicted molar refractivity (Wildman–Crippen MR) is 87.5 cm³/mol. The first kappa shape index (κ1) is 18.6. The van der Waals surface area contributed by atoms with Gasteiger partial charge in [0.25, 0.3) is 0 Å². The van der Waals surface area contributed by atoms with Gasteiger partial charge in [-0.2, -0.15) is 0 Å². The predicted octanol–water partition coefficient (Wildman–Crippen LogP) is 2.79. The lowest BCUT2D eigenvalue weighted by atomic mass is 10.3. The minimum atomic E-state index is -0.183. The number of benzene rings is 1. The van der Waals surface area contributed by atoms with Crippen molar-refractivity contribution in [1.82, 2.24) is 10.6 Å². The maximum absolute atomic E-state index is 11.6. The Labute approximate surface area is 140 Å². The van der Waals surface area contributed by atoms with Crippen molar-refractivity contribution in [2.75, 3.05) is 19.7 Å². The minimum Gasteiger partial charge on any atom is -0.492 e. The van der Waals surface area contributed by atoms with Gasteiger partial charge in [0.1, 0.15) is 5.75 Å². The van der Waals surface area contributed by atoms with Crippen molar-refractivity contribution in [3.05, 3.63) is 28.2 Å². The van der Waals surface area contributed by atoms with Crippen molar-refractivity contribution < 1.29 is 14.3 Å². The Bertz CT molecular complexity index is 510. The van der Waals surface area contributed by atoms with Crippen LogP contribution < -0.4 is 15.4 Å². The maximum Gasteiger partial charge on any atom is 0.239 e. The topological polar surface area (TPSA) is 67.4 Å². The number of hydrogen-bond acceptors (Lipinski definition) is 3. The molecule has 0 bridgehead atoms. The molecule has 0 aliphatic heterocycles. The van der Waals surface area contributed by atoms with Crippen LogP contribution in [0.15, 0.2) is 18.2 Å². The van der Waals surface area contributed by atoms with Crippen LogP contribution >= 0.6 is 23.2 Å². The van der Waals surface area contributed by atoms with Crippen molar-refractivity contribution in [2.24, 2.45) is 0 Å². The molecule has 0 aliphatic rings. The molecule has 122 valence electrons. The van der Waals surface area contributed by atoms with Crippen LogP contribution in [-0.4, -0.2) is 31.5 Å². The molecule has 0 unspecified atom stereocenters. The van der Waals surface area contributed by atoms with Gasteiger partial charge in [0.05, 0.1) is 18.2 Å². The molecule has 0 fully saturated rings. The summed E-state index contributed by atoms with van der Waals surface area (Å²) in [6, 6.07) is 4.97. The fourth-order valence-corrected chi connectivity index (χ4v) is 2.06. The third-order valence-electron chi connectivity index (χ3n) is 2.72. The van der Waals surface area contributed by atoms with Crippen LogP contribution in [0.4, 0.5) is 0 Å². The zero-order valence-electron chi connectivity index (χ0n) is 12.5. The first-order valence-corrected chi connectivity index (χ1v) is 7.89. The molecule has 2 amide bonds. The molecule has 7 heteroatoms. The fourth-order valence-electron chi connectivity index (χ4n) is 1.60. The van der Waals surface area contributed by atoms with Crippen LogP contribution in [0.5, 0.6) is 5.75 Å². The molecule has 1 aromatic carbocycles. The summed E-state index contributed by atoms with van der Waals surface area (Å²) in [6.07, 6.45) is 1.68. The highest BCUT2D eigenvalue weighted by Gasteiger charge is 2.06. The van der Waals surface area contributed by atoms with Gasteiger partial charge in [-0.15, -0.1) is 0 Å². The Morgan fingerprint density at radius 1 is 1.18 bits per heavy atom. The maximum atomic E-state index is 11.6. The summed E-state index contributed by atoms with van der Waals surface area (Å²) in [7, 11) is 0. The third-order valence-corrected chi connectivity index (χ3v) is 3.25. The van der Waals surface area contributed by atoms with Crippen LogP contribution in [0.2, 0.25) is 10.0 Å². The van der Waals surface area contributed by atoms with Crippen molar-refractivity contribution in [1.29, 1.82) is 0 Å². The minimum absolute atomic E-state index is 0.00268. The van der Waals surface area contributed by atoms with Crippen molar-refractivity contribution >= 4 is 35.0 Å². The molecule has 0 aliphatic carbocycles. The number of carbonyl (C=O) groups is 2. The lowest BCUT2D eigenvalue weighted by Crippen LogP contribution is -2.37. The number of carbonyl (C=O) groups excluding carboxylic acids is 2. The van der Waals surface area contributed by atoms with E-state index in [0.717, 1.165) is 6.42 Å². The largest absolute Gasteiger partial charge is 0.492 e. The van der Waals surface area contributed by atoms with Gasteiger partial charge in [0, 0.05) is 18.0 Å². The van der Waals surface area contributed by atoms with Gasteiger partial charge in [-0.3, -0.25) is 9.59 Å². The first-order valence-electron chi connectivity index (χ1n) is 7.14. The molecule has 0 radical (unpaired) electrons. The van der Waals surface area contributed by atoms with Crippen LogP contribution in [-0.2, 0) is 9.59 Å². The fraction of sp³-hybridized carbons (Fsp3) is 0.467. The number of hydrogen-bond donors (Lipinski definition) is 2. The van der Waals surface area contributed by atoms with Gasteiger partial charge in [-0.05, 0) is 31.0 Å². The zero-order chi connectivity index (χ0) is 16.4. The van der Waals surface area contributed by atoms with Crippen molar-refractivity contribution in [3.63, 3.8) is 0 Å². The van der Waals surface area contributed by atoms with Gasteiger partial charge in [0.15, 0.2) is 0 Å². The lowest BCUT2D eigenvalue weighted by molar-refractivity contribution is -0.126. The Morgan fingerprint density at radius 3 is 2.64 bits per heavy atom. The molecular formula is C15H20Cl2N2O3. The van der Waals surface area contributed by atoms with E-state index in [4.69, 9.17) is 27.9 Å². The van der Waals surface area contributed by atoms with E-state index in [1.165, 1.54) is 0 Å².